The minimum Gasteiger partial charge on any atom is -0.369 e. The van der Waals surface area contributed by atoms with Gasteiger partial charge in [0.05, 0.1) is 17.9 Å². The number of carbonyl (C=O) groups excluding carboxylic acids is 1. The Hall–Kier alpha value is -1.40. The lowest BCUT2D eigenvalue weighted by Crippen LogP contribution is -2.59. The van der Waals surface area contributed by atoms with E-state index in [1.165, 1.54) is 0 Å². The minimum atomic E-state index is -0.0394. The molecule has 1 aromatic heterocycles. The van der Waals surface area contributed by atoms with E-state index >= 15 is 0 Å². The largest absolute Gasteiger partial charge is 0.369 e. The van der Waals surface area contributed by atoms with Crippen LogP contribution in [0.3, 0.4) is 0 Å². The molecule has 0 radical (unpaired) electrons. The van der Waals surface area contributed by atoms with Crippen LogP contribution in [0.4, 0.5) is 0 Å². The molecule has 1 amide bonds. The first kappa shape index (κ1) is 14.5. The molecule has 0 saturated carbocycles. The summed E-state index contributed by atoms with van der Waals surface area (Å²) in [5.41, 5.74) is 2.73. The number of hydrogen-bond acceptors (Lipinski definition) is 4. The van der Waals surface area contributed by atoms with Crippen LogP contribution in [0.1, 0.15) is 41.7 Å². The summed E-state index contributed by atoms with van der Waals surface area (Å²) in [6.07, 6.45) is 0.857. The van der Waals surface area contributed by atoms with Crippen molar-refractivity contribution in [3.8, 4) is 0 Å². The summed E-state index contributed by atoms with van der Waals surface area (Å²) >= 11 is 0. The Morgan fingerprint density at radius 2 is 2.00 bits per heavy atom. The molecule has 0 aromatic carbocycles. The summed E-state index contributed by atoms with van der Waals surface area (Å²) in [5.74, 6) is 0.102. The van der Waals surface area contributed by atoms with E-state index in [0.29, 0.717) is 6.04 Å². The van der Waals surface area contributed by atoms with Gasteiger partial charge in [-0.3, -0.25) is 9.48 Å². The molecule has 3 rings (SSSR count). The van der Waals surface area contributed by atoms with Gasteiger partial charge >= 0.3 is 0 Å². The van der Waals surface area contributed by atoms with Crippen molar-refractivity contribution in [2.24, 2.45) is 7.05 Å². The lowest BCUT2D eigenvalue weighted by atomic mass is 9.98. The first-order valence-corrected chi connectivity index (χ1v) is 7.55. The number of likely N-dealkylation sites (tertiary alicyclic amines) is 1. The Kier molecular flexibility index (Phi) is 3.53. The lowest BCUT2D eigenvalue weighted by Gasteiger charge is -2.42. The predicted molar refractivity (Wildman–Crippen MR) is 79.3 cm³/mol. The maximum absolute atomic E-state index is 12.8. The van der Waals surface area contributed by atoms with E-state index in [1.807, 2.05) is 25.8 Å². The van der Waals surface area contributed by atoms with Crippen LogP contribution >= 0.6 is 0 Å². The van der Waals surface area contributed by atoms with Crippen LogP contribution in [-0.4, -0.2) is 64.8 Å². The van der Waals surface area contributed by atoms with Crippen LogP contribution in [0, 0.1) is 0 Å². The molecule has 0 aliphatic carbocycles. The summed E-state index contributed by atoms with van der Waals surface area (Å²) in [7, 11) is 5.96. The van der Waals surface area contributed by atoms with Crippen LogP contribution in [0.2, 0.25) is 0 Å². The maximum atomic E-state index is 12.8. The predicted octanol–water partition coefficient (Wildman–Crippen LogP) is 0.828. The molecule has 1 fully saturated rings. The molecular formula is C15H24N4O2. The van der Waals surface area contributed by atoms with Crippen LogP contribution in [0.15, 0.2) is 0 Å². The number of aryl methyl sites for hydroxylation is 1. The summed E-state index contributed by atoms with van der Waals surface area (Å²) in [6.45, 7) is 5.65. The Balaban J connectivity index is 1.85. The van der Waals surface area contributed by atoms with Crippen molar-refractivity contribution >= 4 is 5.91 Å². The molecule has 0 bridgehead atoms. The number of carbonyl (C=O) groups is 1. The van der Waals surface area contributed by atoms with Gasteiger partial charge in [0.25, 0.3) is 5.91 Å². The van der Waals surface area contributed by atoms with Gasteiger partial charge in [-0.1, -0.05) is 0 Å². The molecule has 2 aliphatic heterocycles. The Labute approximate surface area is 125 Å². The number of hydrogen-bond donors (Lipinski definition) is 0. The fourth-order valence-corrected chi connectivity index (χ4v) is 3.23. The number of rotatable bonds is 2. The van der Waals surface area contributed by atoms with E-state index in [9.17, 15) is 4.79 Å². The monoisotopic (exact) mass is 292 g/mol. The number of aromatic nitrogens is 2. The van der Waals surface area contributed by atoms with Crippen molar-refractivity contribution in [3.05, 3.63) is 17.0 Å². The number of amides is 1. The highest BCUT2D eigenvalue weighted by Gasteiger charge is 2.37. The summed E-state index contributed by atoms with van der Waals surface area (Å²) in [5, 5.41) is 4.52. The molecule has 2 aliphatic rings. The van der Waals surface area contributed by atoms with Crippen molar-refractivity contribution in [1.82, 2.24) is 19.6 Å². The highest BCUT2D eigenvalue weighted by Crippen LogP contribution is 2.32. The van der Waals surface area contributed by atoms with Gasteiger partial charge in [0, 0.05) is 38.2 Å². The lowest BCUT2D eigenvalue weighted by molar-refractivity contribution is -0.00723. The molecule has 1 aromatic rings. The first-order chi connectivity index (χ1) is 9.88. The average Bonchev–Trinajstić information content (AvgIpc) is 2.63. The molecule has 116 valence electrons. The second-order valence-electron chi connectivity index (χ2n) is 6.46. The molecule has 21 heavy (non-hydrogen) atoms. The SMILES string of the molecule is C[C@@H]1Cc2c(nn(C)c2C(=O)N2CC(N(C)C)C2)[C@H](C)O1. The Bertz CT molecular complexity index is 560. The molecule has 6 nitrogen and oxygen atoms in total. The van der Waals surface area contributed by atoms with E-state index in [-0.39, 0.29) is 18.1 Å². The molecule has 6 heteroatoms. The van der Waals surface area contributed by atoms with Gasteiger partial charge in [0.2, 0.25) is 0 Å². The second kappa shape index (κ2) is 5.10. The minimum absolute atomic E-state index is 0.0394. The van der Waals surface area contributed by atoms with Crippen LogP contribution in [0.5, 0.6) is 0 Å². The van der Waals surface area contributed by atoms with E-state index in [4.69, 9.17) is 4.74 Å². The molecule has 0 unspecified atom stereocenters. The smallest absolute Gasteiger partial charge is 0.272 e. The Morgan fingerprint density at radius 3 is 2.62 bits per heavy atom. The van der Waals surface area contributed by atoms with Crippen LogP contribution in [0.25, 0.3) is 0 Å². The van der Waals surface area contributed by atoms with E-state index in [2.05, 4.69) is 24.1 Å². The normalized spacial score (nSPS) is 25.9. The second-order valence-corrected chi connectivity index (χ2v) is 6.46. The summed E-state index contributed by atoms with van der Waals surface area (Å²) < 4.78 is 7.53. The topological polar surface area (TPSA) is 50.6 Å². The van der Waals surface area contributed by atoms with Gasteiger partial charge < -0.3 is 14.5 Å². The number of nitrogens with zero attached hydrogens (tertiary/aromatic N) is 4. The third-order valence-corrected chi connectivity index (χ3v) is 4.57. The van der Waals surface area contributed by atoms with Gasteiger partial charge in [-0.2, -0.15) is 5.10 Å². The molecule has 0 N–H and O–H groups in total. The third-order valence-electron chi connectivity index (χ3n) is 4.57. The first-order valence-electron chi connectivity index (χ1n) is 7.55. The standard InChI is InChI=1S/C15H24N4O2/c1-9-6-12-13(10(2)21-9)16-18(5)14(12)15(20)19-7-11(8-19)17(3)4/h9-11H,6-8H2,1-5H3/t9-,10+/m1/s1. The van der Waals surface area contributed by atoms with Gasteiger partial charge in [0.1, 0.15) is 5.69 Å². The average molecular weight is 292 g/mol. The van der Waals surface area contributed by atoms with Gasteiger partial charge in [0.15, 0.2) is 0 Å². The van der Waals surface area contributed by atoms with Crippen molar-refractivity contribution < 1.29 is 9.53 Å². The highest BCUT2D eigenvalue weighted by molar-refractivity contribution is 5.95. The summed E-state index contributed by atoms with van der Waals surface area (Å²) in [4.78, 5) is 16.8. The van der Waals surface area contributed by atoms with Gasteiger partial charge in [-0.05, 0) is 27.9 Å². The molecule has 0 spiro atoms. The molecule has 2 atom stereocenters. The molecular weight excluding hydrogens is 268 g/mol. The number of fused-ring (bicyclic) bond motifs is 1. The number of likely N-dealkylation sites (N-methyl/N-ethyl adjacent to an activating group) is 1. The van der Waals surface area contributed by atoms with Crippen molar-refractivity contribution in [3.63, 3.8) is 0 Å². The molecule has 3 heterocycles. The van der Waals surface area contributed by atoms with E-state index < -0.39 is 0 Å². The number of ether oxygens (including phenoxy) is 1. The van der Waals surface area contributed by atoms with Crippen LogP contribution < -0.4 is 0 Å². The maximum Gasteiger partial charge on any atom is 0.272 e. The zero-order valence-electron chi connectivity index (χ0n) is 13.5. The van der Waals surface area contributed by atoms with E-state index in [0.717, 1.165) is 36.5 Å². The zero-order chi connectivity index (χ0) is 15.3. The van der Waals surface area contributed by atoms with Crippen molar-refractivity contribution in [1.29, 1.82) is 0 Å². The van der Waals surface area contributed by atoms with Gasteiger partial charge in [-0.25, -0.2) is 0 Å². The van der Waals surface area contributed by atoms with Gasteiger partial charge in [-0.15, -0.1) is 0 Å². The quantitative estimate of drug-likeness (QED) is 0.810. The highest BCUT2D eigenvalue weighted by atomic mass is 16.5. The fraction of sp³-hybridized carbons (Fsp3) is 0.733. The summed E-state index contributed by atoms with van der Waals surface area (Å²) in [6, 6.07) is 0.471. The molecule has 1 saturated heterocycles. The Morgan fingerprint density at radius 1 is 1.33 bits per heavy atom. The van der Waals surface area contributed by atoms with Crippen molar-refractivity contribution in [2.45, 2.75) is 38.5 Å². The van der Waals surface area contributed by atoms with Crippen molar-refractivity contribution in [2.75, 3.05) is 27.2 Å². The van der Waals surface area contributed by atoms with Crippen LogP contribution in [-0.2, 0) is 18.2 Å². The zero-order valence-corrected chi connectivity index (χ0v) is 13.5. The fourth-order valence-electron chi connectivity index (χ4n) is 3.23. The third kappa shape index (κ3) is 2.36. The van der Waals surface area contributed by atoms with E-state index in [1.54, 1.807) is 4.68 Å².